The number of anilines is 1. The lowest BCUT2D eigenvalue weighted by atomic mass is 10.1. The van der Waals surface area contributed by atoms with Crippen LogP contribution in [0.5, 0.6) is 0 Å². The van der Waals surface area contributed by atoms with E-state index in [-0.39, 0.29) is 5.43 Å². The molecule has 0 amide bonds. The number of likely N-dealkylation sites (N-methyl/N-ethyl adjacent to an activating group) is 1. The summed E-state index contributed by atoms with van der Waals surface area (Å²) in [5.74, 6) is 0. The number of hydrogen-bond acceptors (Lipinski definition) is 5. The molecule has 2 N–H and O–H groups in total. The largest absolute Gasteiger partial charge is 0.379 e. The Morgan fingerprint density at radius 3 is 2.40 bits per heavy atom. The zero-order valence-corrected chi connectivity index (χ0v) is 9.05. The molecule has 0 unspecified atom stereocenters. The summed E-state index contributed by atoms with van der Waals surface area (Å²) in [6.45, 7) is 4.17. The molecule has 15 heavy (non-hydrogen) atoms. The molecule has 0 saturated carbocycles. The summed E-state index contributed by atoms with van der Waals surface area (Å²) in [5.41, 5.74) is 0.170. The van der Waals surface area contributed by atoms with Gasteiger partial charge in [0.2, 0.25) is 10.9 Å². The van der Waals surface area contributed by atoms with Crippen LogP contribution in [0, 0.1) is 6.92 Å². The van der Waals surface area contributed by atoms with Crippen LogP contribution < -0.4 is 21.5 Å². The quantitative estimate of drug-likeness (QED) is 0.459. The molecule has 0 heterocycles. The van der Waals surface area contributed by atoms with Crippen LogP contribution >= 0.6 is 0 Å². The van der Waals surface area contributed by atoms with Crippen LogP contribution in [0.15, 0.2) is 9.59 Å². The molecule has 0 saturated heterocycles. The van der Waals surface area contributed by atoms with Crippen molar-refractivity contribution in [2.75, 3.05) is 38.7 Å². The number of hydrogen-bond donors (Lipinski definition) is 2. The van der Waals surface area contributed by atoms with Gasteiger partial charge in [-0.25, -0.2) is 0 Å². The van der Waals surface area contributed by atoms with Gasteiger partial charge in [0.15, 0.2) is 0 Å². The van der Waals surface area contributed by atoms with Crippen LogP contribution in [0.2, 0.25) is 0 Å². The third-order valence-corrected chi connectivity index (χ3v) is 2.19. The number of ether oxygens (including phenoxy) is 1. The van der Waals surface area contributed by atoms with Crippen molar-refractivity contribution in [2.24, 2.45) is 0 Å². The number of rotatable bonds is 7. The van der Waals surface area contributed by atoms with E-state index in [4.69, 9.17) is 4.74 Å². The fourth-order valence-corrected chi connectivity index (χ4v) is 1.24. The van der Waals surface area contributed by atoms with Crippen LogP contribution in [0.4, 0.5) is 5.69 Å². The first kappa shape index (κ1) is 11.9. The summed E-state index contributed by atoms with van der Waals surface area (Å²) < 4.78 is 5.25. The molecule has 1 rings (SSSR count). The van der Waals surface area contributed by atoms with Gasteiger partial charge in [0.25, 0.3) is 0 Å². The summed E-state index contributed by atoms with van der Waals surface area (Å²) in [7, 11) is 1.86. The summed E-state index contributed by atoms with van der Waals surface area (Å²) in [4.78, 5) is 21.9. The molecule has 84 valence electrons. The standard InChI is InChI=1S/C10H16N2O3/c1-7-8(10(14)9(7)13)12-4-6-15-5-3-11-2/h11-12H,3-6H2,1-2H3. The predicted octanol–water partition coefficient (Wildman–Crippen LogP) is -0.761. The highest BCUT2D eigenvalue weighted by atomic mass is 16.5. The summed E-state index contributed by atoms with van der Waals surface area (Å²) in [6.07, 6.45) is 0. The monoisotopic (exact) mass is 212 g/mol. The molecule has 1 aromatic carbocycles. The normalized spacial score (nSPS) is 10.8. The van der Waals surface area contributed by atoms with Gasteiger partial charge in [-0.3, -0.25) is 9.59 Å². The first-order valence-corrected chi connectivity index (χ1v) is 4.94. The van der Waals surface area contributed by atoms with Gasteiger partial charge in [-0.2, -0.15) is 0 Å². The fourth-order valence-electron chi connectivity index (χ4n) is 1.24. The maximum atomic E-state index is 11.0. The molecule has 1 aromatic rings. The second-order valence-corrected chi connectivity index (χ2v) is 3.30. The van der Waals surface area contributed by atoms with Crippen molar-refractivity contribution < 1.29 is 4.74 Å². The highest BCUT2D eigenvalue weighted by Crippen LogP contribution is 2.03. The molecular formula is C10H16N2O3. The van der Waals surface area contributed by atoms with Crippen LogP contribution in [-0.4, -0.2) is 33.4 Å². The fraction of sp³-hybridized carbons (Fsp3) is 0.600. The third kappa shape index (κ3) is 2.87. The lowest BCUT2D eigenvalue weighted by Crippen LogP contribution is -2.37. The molecule has 0 radical (unpaired) electrons. The second-order valence-electron chi connectivity index (χ2n) is 3.30. The Labute approximate surface area is 88.1 Å². The van der Waals surface area contributed by atoms with E-state index >= 15 is 0 Å². The number of nitrogens with one attached hydrogen (secondary N) is 2. The van der Waals surface area contributed by atoms with E-state index in [2.05, 4.69) is 10.6 Å². The van der Waals surface area contributed by atoms with E-state index in [1.54, 1.807) is 6.92 Å². The van der Waals surface area contributed by atoms with Crippen LogP contribution in [0.3, 0.4) is 0 Å². The first-order valence-electron chi connectivity index (χ1n) is 4.94. The van der Waals surface area contributed by atoms with Crippen molar-refractivity contribution in [2.45, 2.75) is 6.92 Å². The maximum Gasteiger partial charge on any atom is 0.249 e. The van der Waals surface area contributed by atoms with Crippen LogP contribution in [0.25, 0.3) is 0 Å². The minimum absolute atomic E-state index is 0.381. The molecule has 0 spiro atoms. The average molecular weight is 212 g/mol. The topological polar surface area (TPSA) is 67.4 Å². The molecule has 0 aromatic heterocycles. The van der Waals surface area contributed by atoms with Gasteiger partial charge in [-0.1, -0.05) is 0 Å². The molecule has 5 nitrogen and oxygen atoms in total. The molecule has 0 bridgehead atoms. The highest BCUT2D eigenvalue weighted by Gasteiger charge is 2.15. The second kappa shape index (κ2) is 5.63. The van der Waals surface area contributed by atoms with Crippen LogP contribution in [-0.2, 0) is 4.74 Å². The Kier molecular flexibility index (Phi) is 4.45. The molecule has 0 atom stereocenters. The summed E-state index contributed by atoms with van der Waals surface area (Å²) >= 11 is 0. The van der Waals surface area contributed by atoms with Crippen molar-refractivity contribution in [3.05, 3.63) is 26.0 Å². The van der Waals surface area contributed by atoms with Crippen molar-refractivity contribution in [1.82, 2.24) is 5.32 Å². The maximum absolute atomic E-state index is 11.0. The van der Waals surface area contributed by atoms with Gasteiger partial charge in [-0.05, 0) is 14.0 Å². The SMILES string of the molecule is CNCCOCCNc1c(C)c(=O)c1=O. The third-order valence-electron chi connectivity index (χ3n) is 2.19. The van der Waals surface area contributed by atoms with E-state index in [0.29, 0.717) is 31.0 Å². The lowest BCUT2D eigenvalue weighted by Gasteiger charge is -2.10. The Morgan fingerprint density at radius 2 is 1.80 bits per heavy atom. The van der Waals surface area contributed by atoms with Crippen molar-refractivity contribution in [1.29, 1.82) is 0 Å². The Balaban J connectivity index is 2.17. The van der Waals surface area contributed by atoms with Crippen molar-refractivity contribution in [3.63, 3.8) is 0 Å². The molecule has 5 heteroatoms. The Bertz CT molecular complexity index is 380. The molecule has 0 fully saturated rings. The molecule has 0 aliphatic heterocycles. The van der Waals surface area contributed by atoms with Gasteiger partial charge < -0.3 is 15.4 Å². The minimum atomic E-state index is -0.414. The van der Waals surface area contributed by atoms with Gasteiger partial charge in [0.05, 0.1) is 18.9 Å². The zero-order chi connectivity index (χ0) is 11.3. The van der Waals surface area contributed by atoms with Gasteiger partial charge in [0.1, 0.15) is 0 Å². The Morgan fingerprint density at radius 1 is 1.13 bits per heavy atom. The first-order chi connectivity index (χ1) is 7.18. The lowest BCUT2D eigenvalue weighted by molar-refractivity contribution is 0.147. The van der Waals surface area contributed by atoms with E-state index < -0.39 is 5.43 Å². The smallest absolute Gasteiger partial charge is 0.249 e. The van der Waals surface area contributed by atoms with Crippen molar-refractivity contribution in [3.8, 4) is 0 Å². The molecule has 0 aliphatic carbocycles. The average Bonchev–Trinajstić information content (AvgIpc) is 2.26. The zero-order valence-electron chi connectivity index (χ0n) is 9.05. The molecule has 0 aliphatic rings. The van der Waals surface area contributed by atoms with E-state index in [1.807, 2.05) is 7.05 Å². The van der Waals surface area contributed by atoms with E-state index in [1.165, 1.54) is 0 Å². The minimum Gasteiger partial charge on any atom is -0.379 e. The summed E-state index contributed by atoms with van der Waals surface area (Å²) in [6, 6.07) is 0. The van der Waals surface area contributed by atoms with Gasteiger partial charge in [0, 0.05) is 18.7 Å². The predicted molar refractivity (Wildman–Crippen MR) is 59.3 cm³/mol. The van der Waals surface area contributed by atoms with E-state index in [9.17, 15) is 9.59 Å². The molecular weight excluding hydrogens is 196 g/mol. The van der Waals surface area contributed by atoms with Crippen LogP contribution in [0.1, 0.15) is 5.56 Å². The van der Waals surface area contributed by atoms with Crippen molar-refractivity contribution >= 4 is 5.69 Å². The highest BCUT2D eigenvalue weighted by molar-refractivity contribution is 5.55. The van der Waals surface area contributed by atoms with Gasteiger partial charge in [-0.15, -0.1) is 0 Å². The van der Waals surface area contributed by atoms with Gasteiger partial charge >= 0.3 is 0 Å². The Hall–Kier alpha value is -1.20. The van der Waals surface area contributed by atoms with E-state index in [0.717, 1.165) is 6.54 Å². The summed E-state index contributed by atoms with van der Waals surface area (Å²) in [5, 5.41) is 5.85.